The molecule has 0 saturated heterocycles. The van der Waals surface area contributed by atoms with E-state index >= 15 is 0 Å². The van der Waals surface area contributed by atoms with Gasteiger partial charge in [0, 0.05) is 13.6 Å². The highest BCUT2D eigenvalue weighted by Crippen LogP contribution is 2.31. The fourth-order valence-corrected chi connectivity index (χ4v) is 1.50. The molecule has 0 saturated carbocycles. The van der Waals surface area contributed by atoms with Gasteiger partial charge >= 0.3 is 0 Å². The maximum Gasteiger partial charge on any atom is 0.0834 e. The summed E-state index contributed by atoms with van der Waals surface area (Å²) >= 11 is 9.95. The topological polar surface area (TPSA) is 29.3 Å². The third-order valence-electron chi connectivity index (χ3n) is 1.78. The van der Waals surface area contributed by atoms with Gasteiger partial charge in [0.25, 0.3) is 0 Å². The minimum atomic E-state index is 0.648. The average Bonchev–Trinajstić information content (AvgIpc) is 2.04. The van der Waals surface area contributed by atoms with Crippen LogP contribution in [0.15, 0.2) is 0 Å². The van der Waals surface area contributed by atoms with Crippen molar-refractivity contribution in [2.45, 2.75) is 6.92 Å². The number of hydrogen-bond donors (Lipinski definition) is 1. The second-order valence-corrected chi connectivity index (χ2v) is 3.25. The van der Waals surface area contributed by atoms with Gasteiger partial charge < -0.3 is 10.6 Å². The quantitative estimate of drug-likeness (QED) is 0.716. The molecule has 0 unspecified atom stereocenters. The van der Waals surface area contributed by atoms with Crippen molar-refractivity contribution < 1.29 is 0 Å². The molecule has 0 heterocycles. The molecule has 4 heteroatoms. The van der Waals surface area contributed by atoms with Gasteiger partial charge in [-0.05, 0) is 6.92 Å². The SMILES string of the molecule is CCN(C)c1c(N)c(=S)c1=S. The number of nitrogens with two attached hydrogens (primary N) is 1. The highest BCUT2D eigenvalue weighted by Gasteiger charge is 2.13. The Morgan fingerprint density at radius 3 is 2.27 bits per heavy atom. The summed E-state index contributed by atoms with van der Waals surface area (Å²) in [5.74, 6) is 0. The van der Waals surface area contributed by atoms with Crippen molar-refractivity contribution in [3.8, 4) is 0 Å². The number of nitrogen functional groups attached to an aromatic ring is 1. The Labute approximate surface area is 76.3 Å². The Balaban J connectivity index is 3.09. The lowest BCUT2D eigenvalue weighted by molar-refractivity contribution is 0.962. The molecular weight excluding hydrogens is 176 g/mol. The highest BCUT2D eigenvalue weighted by molar-refractivity contribution is 7.74. The molecule has 60 valence electrons. The Morgan fingerprint density at radius 2 is 1.91 bits per heavy atom. The molecule has 0 bridgehead atoms. The molecule has 1 aromatic carbocycles. The summed E-state index contributed by atoms with van der Waals surface area (Å²) in [6.07, 6.45) is 0. The van der Waals surface area contributed by atoms with E-state index in [0.717, 1.165) is 16.7 Å². The maximum absolute atomic E-state index is 5.64. The molecule has 0 aliphatic carbocycles. The molecule has 1 rings (SSSR count). The normalized spacial score (nSPS) is 10.4. The van der Waals surface area contributed by atoms with E-state index in [9.17, 15) is 0 Å². The third-order valence-corrected chi connectivity index (χ3v) is 2.73. The van der Waals surface area contributed by atoms with Gasteiger partial charge in [0.05, 0.1) is 20.4 Å². The highest BCUT2D eigenvalue weighted by atomic mass is 32.1. The lowest BCUT2D eigenvalue weighted by Crippen LogP contribution is -2.20. The number of hydrogen-bond acceptors (Lipinski definition) is 4. The molecule has 0 atom stereocenters. The first-order valence-electron chi connectivity index (χ1n) is 3.39. The minimum Gasteiger partial charge on any atom is -0.396 e. The van der Waals surface area contributed by atoms with Crippen molar-refractivity contribution in [3.05, 3.63) is 9.02 Å². The zero-order valence-electron chi connectivity index (χ0n) is 6.55. The molecular formula is C7H10N2S2. The van der Waals surface area contributed by atoms with Gasteiger partial charge in [-0.2, -0.15) is 0 Å². The van der Waals surface area contributed by atoms with Crippen LogP contribution in [0.4, 0.5) is 11.4 Å². The molecule has 0 aromatic heterocycles. The standard InChI is InChI=1S/C7H10N2S2/c1-3-9(2)5-4(8)6(10)7(5)11/h3,8H2,1-2H3. The van der Waals surface area contributed by atoms with Crippen LogP contribution >= 0.6 is 24.4 Å². The van der Waals surface area contributed by atoms with Gasteiger partial charge in [0.15, 0.2) is 0 Å². The summed E-state index contributed by atoms with van der Waals surface area (Å²) < 4.78 is 1.39. The van der Waals surface area contributed by atoms with Gasteiger partial charge in [0.1, 0.15) is 0 Å². The van der Waals surface area contributed by atoms with Crippen molar-refractivity contribution in [2.75, 3.05) is 24.2 Å². The molecule has 11 heavy (non-hydrogen) atoms. The van der Waals surface area contributed by atoms with E-state index < -0.39 is 0 Å². The van der Waals surface area contributed by atoms with Crippen LogP contribution in [0.1, 0.15) is 6.92 Å². The van der Waals surface area contributed by atoms with Crippen LogP contribution < -0.4 is 10.6 Å². The Hall–Kier alpha value is -0.480. The molecule has 0 fully saturated rings. The van der Waals surface area contributed by atoms with E-state index in [2.05, 4.69) is 0 Å². The molecule has 0 aliphatic rings. The predicted molar refractivity (Wildman–Crippen MR) is 53.8 cm³/mol. The van der Waals surface area contributed by atoms with Crippen molar-refractivity contribution in [3.63, 3.8) is 0 Å². The monoisotopic (exact) mass is 186 g/mol. The summed E-state index contributed by atoms with van der Waals surface area (Å²) in [6, 6.07) is 0. The van der Waals surface area contributed by atoms with Gasteiger partial charge in [-0.1, -0.05) is 24.4 Å². The van der Waals surface area contributed by atoms with Crippen molar-refractivity contribution in [2.24, 2.45) is 0 Å². The fraction of sp³-hybridized carbons (Fsp3) is 0.429. The summed E-state index contributed by atoms with van der Waals surface area (Å²) in [5, 5.41) is 0. The zero-order valence-corrected chi connectivity index (χ0v) is 8.18. The summed E-state index contributed by atoms with van der Waals surface area (Å²) in [5.41, 5.74) is 7.26. The van der Waals surface area contributed by atoms with Crippen molar-refractivity contribution in [1.29, 1.82) is 0 Å². The molecule has 2 N–H and O–H groups in total. The van der Waals surface area contributed by atoms with Crippen LogP contribution in [-0.2, 0) is 0 Å². The van der Waals surface area contributed by atoms with Crippen LogP contribution in [0.5, 0.6) is 0 Å². The first-order valence-corrected chi connectivity index (χ1v) is 4.21. The van der Waals surface area contributed by atoms with Crippen LogP contribution in [0.2, 0.25) is 0 Å². The summed E-state index contributed by atoms with van der Waals surface area (Å²) in [6.45, 7) is 2.95. The van der Waals surface area contributed by atoms with Gasteiger partial charge in [-0.15, -0.1) is 0 Å². The smallest absolute Gasteiger partial charge is 0.0834 e. The second-order valence-electron chi connectivity index (χ2n) is 2.43. The Kier molecular flexibility index (Phi) is 2.25. The van der Waals surface area contributed by atoms with Crippen molar-refractivity contribution >= 4 is 35.8 Å². The maximum atomic E-state index is 5.64. The number of anilines is 2. The predicted octanol–water partition coefficient (Wildman–Crippen LogP) is 2.06. The van der Waals surface area contributed by atoms with E-state index in [0.29, 0.717) is 10.2 Å². The van der Waals surface area contributed by atoms with Gasteiger partial charge in [0.2, 0.25) is 0 Å². The third kappa shape index (κ3) is 1.16. The first kappa shape index (κ1) is 8.62. The van der Waals surface area contributed by atoms with E-state index in [1.165, 1.54) is 0 Å². The zero-order chi connectivity index (χ0) is 8.59. The lowest BCUT2D eigenvalue weighted by atomic mass is 10.2. The second kappa shape index (κ2) is 2.87. The molecule has 0 radical (unpaired) electrons. The largest absolute Gasteiger partial charge is 0.396 e. The number of rotatable bonds is 2. The Morgan fingerprint density at radius 1 is 1.36 bits per heavy atom. The average molecular weight is 186 g/mol. The van der Waals surface area contributed by atoms with E-state index in [1.54, 1.807) is 0 Å². The van der Waals surface area contributed by atoms with Crippen LogP contribution in [-0.4, -0.2) is 13.6 Å². The minimum absolute atomic E-state index is 0.648. The van der Waals surface area contributed by atoms with E-state index in [-0.39, 0.29) is 0 Å². The van der Waals surface area contributed by atoms with Gasteiger partial charge in [-0.25, -0.2) is 0 Å². The first-order chi connectivity index (χ1) is 5.09. The van der Waals surface area contributed by atoms with Gasteiger partial charge in [-0.3, -0.25) is 0 Å². The van der Waals surface area contributed by atoms with Crippen LogP contribution in [0, 0.1) is 9.02 Å². The van der Waals surface area contributed by atoms with E-state index in [4.69, 9.17) is 30.2 Å². The van der Waals surface area contributed by atoms with Crippen LogP contribution in [0.25, 0.3) is 0 Å². The lowest BCUT2D eigenvalue weighted by Gasteiger charge is -2.21. The molecule has 0 spiro atoms. The van der Waals surface area contributed by atoms with E-state index in [1.807, 2.05) is 18.9 Å². The van der Waals surface area contributed by atoms with Crippen LogP contribution in [0.3, 0.4) is 0 Å². The van der Waals surface area contributed by atoms with Crippen molar-refractivity contribution in [1.82, 2.24) is 0 Å². The molecule has 1 aromatic rings. The Bertz CT molecular complexity index is 336. The molecule has 0 amide bonds. The fourth-order valence-electron chi connectivity index (χ4n) is 0.934. The molecule has 2 nitrogen and oxygen atoms in total. The number of nitrogens with zero attached hydrogens (tertiary/aromatic N) is 1. The summed E-state index contributed by atoms with van der Waals surface area (Å²) in [7, 11) is 1.95. The summed E-state index contributed by atoms with van der Waals surface area (Å²) in [4.78, 5) is 2.01. The molecule has 0 aliphatic heterocycles.